The number of nitrogens with one attached hydrogen (secondary N) is 1. The number of likely N-dealkylation sites (tertiary alicyclic amines) is 1. The van der Waals surface area contributed by atoms with Gasteiger partial charge in [0.05, 0.1) is 11.7 Å². The van der Waals surface area contributed by atoms with Gasteiger partial charge in [0.2, 0.25) is 5.91 Å². The molecule has 8 heteroatoms. The molecule has 0 unspecified atom stereocenters. The molecule has 4 rings (SSSR count). The molecule has 2 atom stereocenters. The van der Waals surface area contributed by atoms with E-state index in [1.54, 1.807) is 16.8 Å². The van der Waals surface area contributed by atoms with Gasteiger partial charge in [-0.05, 0) is 44.4 Å². The molecule has 2 heterocycles. The molecule has 0 aliphatic carbocycles. The maximum Gasteiger partial charge on any atom is 0.318 e. The maximum absolute atomic E-state index is 13.2. The SMILES string of the molecule is Cc1noc(-c2ccccc2)c1[C@@H](C)NC(=O)N1CCC[C@@H]1C(=O)N(C)Cc1ccc(Cl)cc1. The molecule has 1 aromatic heterocycles. The number of likely N-dealkylation sites (N-methyl/N-ethyl adjacent to an activating group) is 1. The normalized spacial score (nSPS) is 16.4. The van der Waals surface area contributed by atoms with Gasteiger partial charge >= 0.3 is 6.03 Å². The van der Waals surface area contributed by atoms with E-state index >= 15 is 0 Å². The van der Waals surface area contributed by atoms with E-state index in [2.05, 4.69) is 10.5 Å². The summed E-state index contributed by atoms with van der Waals surface area (Å²) in [5.41, 5.74) is 3.45. The van der Waals surface area contributed by atoms with Crippen molar-refractivity contribution in [1.29, 1.82) is 0 Å². The number of hydrogen-bond acceptors (Lipinski definition) is 4. The summed E-state index contributed by atoms with van der Waals surface area (Å²) in [6.45, 7) is 4.77. The minimum atomic E-state index is -0.485. The smallest absolute Gasteiger partial charge is 0.318 e. The molecule has 1 aliphatic rings. The molecule has 3 amide bonds. The van der Waals surface area contributed by atoms with Gasteiger partial charge in [-0.15, -0.1) is 0 Å². The van der Waals surface area contributed by atoms with E-state index in [-0.39, 0.29) is 18.0 Å². The van der Waals surface area contributed by atoms with E-state index in [1.807, 2.05) is 68.4 Å². The Morgan fingerprint density at radius 3 is 2.62 bits per heavy atom. The van der Waals surface area contributed by atoms with Crippen molar-refractivity contribution >= 4 is 23.5 Å². The molecule has 1 aliphatic heterocycles. The zero-order valence-electron chi connectivity index (χ0n) is 19.6. The topological polar surface area (TPSA) is 78.7 Å². The first-order valence-corrected chi connectivity index (χ1v) is 11.8. The number of nitrogens with zero attached hydrogens (tertiary/aromatic N) is 3. The number of aromatic nitrogens is 1. The predicted molar refractivity (Wildman–Crippen MR) is 131 cm³/mol. The Balaban J connectivity index is 1.44. The first-order chi connectivity index (χ1) is 16.3. The monoisotopic (exact) mass is 480 g/mol. The van der Waals surface area contributed by atoms with E-state index in [9.17, 15) is 9.59 Å². The molecule has 3 aromatic rings. The minimum absolute atomic E-state index is 0.0682. The first-order valence-electron chi connectivity index (χ1n) is 11.4. The van der Waals surface area contributed by atoms with E-state index in [4.69, 9.17) is 16.1 Å². The van der Waals surface area contributed by atoms with Crippen LogP contribution in [0.25, 0.3) is 11.3 Å². The third-order valence-electron chi connectivity index (χ3n) is 6.23. The van der Waals surface area contributed by atoms with Crippen molar-refractivity contribution < 1.29 is 14.1 Å². The number of halogens is 1. The van der Waals surface area contributed by atoms with Gasteiger partial charge in [0.25, 0.3) is 0 Å². The van der Waals surface area contributed by atoms with Crippen LogP contribution in [0.1, 0.15) is 42.6 Å². The molecule has 7 nitrogen and oxygen atoms in total. The fraction of sp³-hybridized carbons (Fsp3) is 0.346. The Labute approximate surface area is 204 Å². The highest BCUT2D eigenvalue weighted by Gasteiger charge is 2.36. The first kappa shape index (κ1) is 23.8. The van der Waals surface area contributed by atoms with Crippen LogP contribution in [0.15, 0.2) is 59.1 Å². The number of urea groups is 1. The molecular weight excluding hydrogens is 452 g/mol. The fourth-order valence-electron chi connectivity index (χ4n) is 4.49. The predicted octanol–water partition coefficient (Wildman–Crippen LogP) is 5.20. The van der Waals surface area contributed by atoms with Crippen LogP contribution in [-0.2, 0) is 11.3 Å². The summed E-state index contributed by atoms with van der Waals surface area (Å²) in [6, 6.07) is 16.0. The number of benzene rings is 2. The van der Waals surface area contributed by atoms with Crippen LogP contribution in [0, 0.1) is 6.92 Å². The average molecular weight is 481 g/mol. The molecule has 0 radical (unpaired) electrons. The van der Waals surface area contributed by atoms with Crippen LogP contribution in [0.3, 0.4) is 0 Å². The number of amides is 3. The van der Waals surface area contributed by atoms with Crippen molar-refractivity contribution in [2.24, 2.45) is 0 Å². The van der Waals surface area contributed by atoms with Crippen molar-refractivity contribution in [3.63, 3.8) is 0 Å². The number of hydrogen-bond donors (Lipinski definition) is 1. The van der Waals surface area contributed by atoms with E-state index in [1.165, 1.54) is 0 Å². The van der Waals surface area contributed by atoms with Gasteiger partial charge in [-0.1, -0.05) is 59.2 Å². The molecular formula is C26H29ClN4O3. The summed E-state index contributed by atoms with van der Waals surface area (Å²) >= 11 is 5.96. The number of carbonyl (C=O) groups excluding carboxylic acids is 2. The van der Waals surface area contributed by atoms with Crippen molar-refractivity contribution in [2.45, 2.75) is 45.3 Å². The van der Waals surface area contributed by atoms with Gasteiger partial charge in [-0.3, -0.25) is 4.79 Å². The highest BCUT2D eigenvalue weighted by atomic mass is 35.5. The van der Waals surface area contributed by atoms with E-state index < -0.39 is 6.04 Å². The van der Waals surface area contributed by atoms with Crippen LogP contribution >= 0.6 is 11.6 Å². The summed E-state index contributed by atoms with van der Waals surface area (Å²) in [4.78, 5) is 29.7. The largest absolute Gasteiger partial charge is 0.356 e. The van der Waals surface area contributed by atoms with E-state index in [0.717, 1.165) is 28.8 Å². The second kappa shape index (κ2) is 10.3. The van der Waals surface area contributed by atoms with Crippen molar-refractivity contribution in [2.75, 3.05) is 13.6 Å². The number of rotatable bonds is 6. The fourth-order valence-corrected chi connectivity index (χ4v) is 4.61. The van der Waals surface area contributed by atoms with Crippen LogP contribution in [0.5, 0.6) is 0 Å². The highest BCUT2D eigenvalue weighted by Crippen LogP contribution is 2.31. The molecule has 1 saturated heterocycles. The van der Waals surface area contributed by atoms with Crippen LogP contribution in [0.4, 0.5) is 4.79 Å². The minimum Gasteiger partial charge on any atom is -0.356 e. The Hall–Kier alpha value is -3.32. The highest BCUT2D eigenvalue weighted by molar-refractivity contribution is 6.30. The zero-order valence-corrected chi connectivity index (χ0v) is 20.4. The molecule has 34 heavy (non-hydrogen) atoms. The quantitative estimate of drug-likeness (QED) is 0.526. The second-order valence-electron chi connectivity index (χ2n) is 8.72. The van der Waals surface area contributed by atoms with Crippen molar-refractivity contribution in [3.8, 4) is 11.3 Å². The average Bonchev–Trinajstić information content (AvgIpc) is 3.47. The summed E-state index contributed by atoms with van der Waals surface area (Å²) < 4.78 is 5.58. The van der Waals surface area contributed by atoms with Gasteiger partial charge in [0, 0.05) is 36.3 Å². The van der Waals surface area contributed by atoms with Crippen LogP contribution in [-0.4, -0.2) is 46.5 Å². The lowest BCUT2D eigenvalue weighted by molar-refractivity contribution is -0.134. The van der Waals surface area contributed by atoms with Crippen LogP contribution in [0.2, 0.25) is 5.02 Å². The standard InChI is InChI=1S/C26H29ClN4O3/c1-17(23-18(2)29-34-24(23)20-8-5-4-6-9-20)28-26(33)31-15-7-10-22(31)25(32)30(3)16-19-11-13-21(27)14-12-19/h4-6,8-9,11-14,17,22H,7,10,15-16H2,1-3H3,(H,28,33)/t17-,22-/m1/s1. The van der Waals surface area contributed by atoms with Crippen LogP contribution < -0.4 is 5.32 Å². The molecule has 1 N–H and O–H groups in total. The number of carbonyl (C=O) groups is 2. The van der Waals surface area contributed by atoms with Gasteiger partial charge < -0.3 is 19.6 Å². The molecule has 0 saturated carbocycles. The summed E-state index contributed by atoms with van der Waals surface area (Å²) in [6.07, 6.45) is 1.43. The van der Waals surface area contributed by atoms with E-state index in [0.29, 0.717) is 30.3 Å². The molecule has 0 spiro atoms. The lowest BCUT2D eigenvalue weighted by Gasteiger charge is -2.29. The maximum atomic E-state index is 13.2. The molecule has 0 bridgehead atoms. The summed E-state index contributed by atoms with van der Waals surface area (Å²) in [5.74, 6) is 0.573. The molecule has 1 fully saturated rings. The third-order valence-corrected chi connectivity index (χ3v) is 6.48. The Kier molecular flexibility index (Phi) is 7.22. The Morgan fingerprint density at radius 1 is 1.21 bits per heavy atom. The van der Waals surface area contributed by atoms with Gasteiger partial charge in [-0.25, -0.2) is 4.79 Å². The van der Waals surface area contributed by atoms with Crippen molar-refractivity contribution in [1.82, 2.24) is 20.3 Å². The number of aryl methyl sites for hydroxylation is 1. The summed E-state index contributed by atoms with van der Waals surface area (Å²) in [5, 5.41) is 7.83. The lowest BCUT2D eigenvalue weighted by Crippen LogP contribution is -2.50. The molecule has 178 valence electrons. The lowest BCUT2D eigenvalue weighted by atomic mass is 10.0. The zero-order chi connectivity index (χ0) is 24.2. The Bertz CT molecular complexity index is 1150. The van der Waals surface area contributed by atoms with Gasteiger partial charge in [-0.2, -0.15) is 0 Å². The Morgan fingerprint density at radius 2 is 1.91 bits per heavy atom. The van der Waals surface area contributed by atoms with Gasteiger partial charge in [0.1, 0.15) is 6.04 Å². The summed E-state index contributed by atoms with van der Waals surface area (Å²) in [7, 11) is 1.76. The molecule has 2 aromatic carbocycles. The third kappa shape index (κ3) is 5.09. The van der Waals surface area contributed by atoms with Crippen molar-refractivity contribution in [3.05, 3.63) is 76.4 Å². The van der Waals surface area contributed by atoms with Gasteiger partial charge in [0.15, 0.2) is 5.76 Å². The second-order valence-corrected chi connectivity index (χ2v) is 9.16.